The smallest absolute Gasteiger partial charge is 0.321 e. The van der Waals surface area contributed by atoms with E-state index in [4.69, 9.17) is 0 Å². The number of aryl methyl sites for hydroxylation is 2. The molecule has 3 aliphatic rings. The number of nitrogens with zero attached hydrogens (tertiary/aromatic N) is 3. The Balaban J connectivity index is 1.33. The van der Waals surface area contributed by atoms with Crippen molar-refractivity contribution < 1.29 is 4.79 Å². The molecule has 2 amide bonds. The van der Waals surface area contributed by atoms with E-state index in [9.17, 15) is 9.59 Å². The number of piperidine rings is 1. The van der Waals surface area contributed by atoms with Crippen LogP contribution in [0, 0.1) is 5.92 Å². The molecule has 2 aliphatic heterocycles. The van der Waals surface area contributed by atoms with E-state index in [1.165, 1.54) is 24.1 Å². The van der Waals surface area contributed by atoms with Gasteiger partial charge in [0.1, 0.15) is 0 Å². The predicted octanol–water partition coefficient (Wildman–Crippen LogP) is 2.77. The van der Waals surface area contributed by atoms with Crippen molar-refractivity contribution in [3.8, 4) is 0 Å². The van der Waals surface area contributed by atoms with Crippen LogP contribution in [0.2, 0.25) is 0 Å². The zero-order valence-corrected chi connectivity index (χ0v) is 15.4. The minimum absolute atomic E-state index is 0.0611. The number of aromatic nitrogens is 2. The van der Waals surface area contributed by atoms with E-state index in [0.717, 1.165) is 30.6 Å². The molecule has 1 fully saturated rings. The molecule has 140 valence electrons. The van der Waals surface area contributed by atoms with Crippen molar-refractivity contribution in [2.75, 3.05) is 18.4 Å². The van der Waals surface area contributed by atoms with Gasteiger partial charge >= 0.3 is 6.03 Å². The van der Waals surface area contributed by atoms with Crippen molar-refractivity contribution in [3.05, 3.63) is 57.8 Å². The van der Waals surface area contributed by atoms with E-state index in [0.29, 0.717) is 25.6 Å². The van der Waals surface area contributed by atoms with Crippen molar-refractivity contribution in [1.82, 2.24) is 14.5 Å². The Morgan fingerprint density at radius 2 is 2.04 bits per heavy atom. The van der Waals surface area contributed by atoms with Gasteiger partial charge in [-0.25, -0.2) is 4.79 Å². The quantitative estimate of drug-likeness (QED) is 0.846. The molecule has 0 unspecified atom stereocenters. The van der Waals surface area contributed by atoms with Crippen LogP contribution in [0.5, 0.6) is 0 Å². The Labute approximate surface area is 158 Å². The Bertz CT molecular complexity index is 951. The number of likely N-dealkylation sites (tertiary alicyclic amines) is 1. The van der Waals surface area contributed by atoms with Gasteiger partial charge in [0.05, 0.1) is 11.9 Å². The van der Waals surface area contributed by atoms with E-state index < -0.39 is 0 Å². The number of carbonyl (C=O) groups excluding carboxylic acids is 1. The van der Waals surface area contributed by atoms with E-state index in [2.05, 4.69) is 16.4 Å². The summed E-state index contributed by atoms with van der Waals surface area (Å²) in [6.07, 6.45) is 7.31. The summed E-state index contributed by atoms with van der Waals surface area (Å²) in [5.41, 5.74) is 4.36. The van der Waals surface area contributed by atoms with Crippen molar-refractivity contribution in [3.63, 3.8) is 0 Å². The second-order valence-electron chi connectivity index (χ2n) is 8.07. The van der Waals surface area contributed by atoms with Crippen LogP contribution in [0.3, 0.4) is 0 Å². The number of anilines is 1. The second kappa shape index (κ2) is 6.51. The molecule has 2 bridgehead atoms. The van der Waals surface area contributed by atoms with Gasteiger partial charge in [-0.3, -0.25) is 9.78 Å². The minimum Gasteiger partial charge on any atom is -0.324 e. The summed E-state index contributed by atoms with van der Waals surface area (Å²) in [7, 11) is 0. The monoisotopic (exact) mass is 364 g/mol. The largest absolute Gasteiger partial charge is 0.324 e. The zero-order chi connectivity index (χ0) is 18.4. The van der Waals surface area contributed by atoms with Crippen molar-refractivity contribution in [2.45, 2.75) is 44.6 Å². The highest BCUT2D eigenvalue weighted by Crippen LogP contribution is 2.35. The number of amides is 2. The molecule has 0 radical (unpaired) electrons. The molecule has 1 N–H and O–H groups in total. The lowest BCUT2D eigenvalue weighted by molar-refractivity contribution is 0.139. The van der Waals surface area contributed by atoms with Crippen LogP contribution >= 0.6 is 0 Å². The summed E-state index contributed by atoms with van der Waals surface area (Å²) < 4.78 is 1.89. The van der Waals surface area contributed by atoms with Gasteiger partial charge in [0.2, 0.25) is 0 Å². The van der Waals surface area contributed by atoms with Crippen LogP contribution in [0.4, 0.5) is 10.5 Å². The van der Waals surface area contributed by atoms with Gasteiger partial charge in [0.15, 0.2) is 0 Å². The Morgan fingerprint density at radius 3 is 2.96 bits per heavy atom. The predicted molar refractivity (Wildman–Crippen MR) is 103 cm³/mol. The first-order chi connectivity index (χ1) is 13.2. The molecular weight excluding hydrogens is 340 g/mol. The molecular formula is C21H24N4O2. The van der Waals surface area contributed by atoms with Gasteiger partial charge < -0.3 is 14.8 Å². The maximum atomic E-state index is 12.9. The summed E-state index contributed by atoms with van der Waals surface area (Å²) in [5.74, 6) is 0.572. The lowest BCUT2D eigenvalue weighted by Crippen LogP contribution is -2.50. The topological polar surface area (TPSA) is 67.2 Å². The minimum atomic E-state index is -0.0611. The number of urea groups is 1. The highest BCUT2D eigenvalue weighted by Gasteiger charge is 2.36. The average Bonchev–Trinajstić information content (AvgIpc) is 2.68. The van der Waals surface area contributed by atoms with Crippen LogP contribution in [-0.2, 0) is 19.4 Å². The molecule has 2 atom stereocenters. The molecule has 1 saturated heterocycles. The SMILES string of the molecule is O=C(Nc1cnc2c(c1)CCCC2)N1C[C@@H]2C[C@H](C1)c1cccc(=O)n1C2. The molecule has 0 saturated carbocycles. The van der Waals surface area contributed by atoms with Crippen LogP contribution in [0.25, 0.3) is 0 Å². The molecule has 1 aliphatic carbocycles. The highest BCUT2D eigenvalue weighted by atomic mass is 16.2. The molecule has 0 aromatic carbocycles. The summed E-state index contributed by atoms with van der Waals surface area (Å²) >= 11 is 0. The summed E-state index contributed by atoms with van der Waals surface area (Å²) in [5, 5.41) is 3.04. The first kappa shape index (κ1) is 16.5. The number of carbonyl (C=O) groups is 1. The van der Waals surface area contributed by atoms with E-state index in [-0.39, 0.29) is 17.5 Å². The molecule has 6 heteroatoms. The maximum Gasteiger partial charge on any atom is 0.321 e. The van der Waals surface area contributed by atoms with Gasteiger partial charge in [0, 0.05) is 43.0 Å². The summed E-state index contributed by atoms with van der Waals surface area (Å²) in [6, 6.07) is 7.49. The van der Waals surface area contributed by atoms with Gasteiger partial charge in [-0.15, -0.1) is 0 Å². The molecule has 4 heterocycles. The van der Waals surface area contributed by atoms with Crippen LogP contribution in [0.1, 0.15) is 42.1 Å². The standard InChI is InChI=1S/C21H24N4O2/c26-20-7-3-6-19-16-8-14(12-25(19)20)11-24(13-16)21(27)23-17-9-15-4-1-2-5-18(15)22-10-17/h3,6-7,9-10,14,16H,1-2,4-5,8,11-13H2,(H,23,27)/t14-,16+/m0/s1. The Morgan fingerprint density at radius 1 is 1.15 bits per heavy atom. The number of hydrogen-bond donors (Lipinski definition) is 1. The van der Waals surface area contributed by atoms with Crippen molar-refractivity contribution in [1.29, 1.82) is 0 Å². The Kier molecular flexibility index (Phi) is 3.99. The average molecular weight is 364 g/mol. The fourth-order valence-electron chi connectivity index (χ4n) is 4.92. The lowest BCUT2D eigenvalue weighted by Gasteiger charge is -2.42. The molecule has 2 aromatic heterocycles. The fourth-order valence-corrected chi connectivity index (χ4v) is 4.92. The first-order valence-electron chi connectivity index (χ1n) is 9.91. The summed E-state index contributed by atoms with van der Waals surface area (Å²) in [4.78, 5) is 31.4. The molecule has 2 aromatic rings. The van der Waals surface area contributed by atoms with Crippen molar-refractivity contribution >= 4 is 11.7 Å². The van der Waals surface area contributed by atoms with E-state index in [1.807, 2.05) is 21.6 Å². The van der Waals surface area contributed by atoms with Gasteiger partial charge in [-0.2, -0.15) is 0 Å². The second-order valence-corrected chi connectivity index (χ2v) is 8.07. The van der Waals surface area contributed by atoms with E-state index >= 15 is 0 Å². The Hall–Kier alpha value is -2.63. The number of nitrogens with one attached hydrogen (secondary N) is 1. The first-order valence-corrected chi connectivity index (χ1v) is 9.91. The third-order valence-corrected chi connectivity index (χ3v) is 6.19. The molecule has 5 rings (SSSR count). The number of rotatable bonds is 1. The van der Waals surface area contributed by atoms with Crippen molar-refractivity contribution in [2.24, 2.45) is 5.92 Å². The number of fused-ring (bicyclic) bond motifs is 5. The molecule has 27 heavy (non-hydrogen) atoms. The lowest BCUT2D eigenvalue weighted by atomic mass is 9.83. The third-order valence-electron chi connectivity index (χ3n) is 6.19. The van der Waals surface area contributed by atoms with Gasteiger partial charge in [-0.05, 0) is 55.7 Å². The third kappa shape index (κ3) is 3.03. The molecule has 6 nitrogen and oxygen atoms in total. The normalized spacial score (nSPS) is 23.3. The zero-order valence-electron chi connectivity index (χ0n) is 15.4. The number of pyridine rings is 2. The highest BCUT2D eigenvalue weighted by molar-refractivity contribution is 5.89. The molecule has 0 spiro atoms. The fraction of sp³-hybridized carbons (Fsp3) is 0.476. The number of hydrogen-bond acceptors (Lipinski definition) is 3. The maximum absolute atomic E-state index is 12.9. The van der Waals surface area contributed by atoms with Crippen LogP contribution in [-0.4, -0.2) is 33.6 Å². The van der Waals surface area contributed by atoms with Gasteiger partial charge in [-0.1, -0.05) is 6.07 Å². The summed E-state index contributed by atoms with van der Waals surface area (Å²) in [6.45, 7) is 2.06. The van der Waals surface area contributed by atoms with Crippen LogP contribution in [0.15, 0.2) is 35.3 Å². The van der Waals surface area contributed by atoms with Gasteiger partial charge in [0.25, 0.3) is 5.56 Å². The van der Waals surface area contributed by atoms with E-state index in [1.54, 1.807) is 12.3 Å². The van der Waals surface area contributed by atoms with Crippen LogP contribution < -0.4 is 10.9 Å².